The van der Waals surface area contributed by atoms with Gasteiger partial charge in [0.15, 0.2) is 0 Å². The van der Waals surface area contributed by atoms with Crippen molar-refractivity contribution in [2.45, 2.75) is 6.18 Å². The topological polar surface area (TPSA) is 44.5 Å². The van der Waals surface area contributed by atoms with E-state index in [1.54, 1.807) is 12.1 Å². The second-order valence-corrected chi connectivity index (χ2v) is 4.03. The normalized spacial score (nSPS) is 11.2. The van der Waals surface area contributed by atoms with Gasteiger partial charge in [-0.25, -0.2) is 0 Å². The molecule has 2 rings (SSSR count). The van der Waals surface area contributed by atoms with Crippen LogP contribution < -0.4 is 15.2 Å². The third-order valence-corrected chi connectivity index (χ3v) is 2.62. The maximum atomic E-state index is 12.4. The van der Waals surface area contributed by atoms with Crippen LogP contribution in [0.15, 0.2) is 42.5 Å². The Balaban J connectivity index is 2.16. The third kappa shape index (κ3) is 3.14. The molecule has 0 aliphatic heterocycles. The maximum Gasteiger partial charge on any atom is 0.416 e. The number of hydrogen-bond donors (Lipinski definition) is 1. The molecule has 6 heteroatoms. The highest BCUT2D eigenvalue weighted by Crippen LogP contribution is 2.32. The summed E-state index contributed by atoms with van der Waals surface area (Å²) >= 11 is 0. The number of anilines is 1. The molecule has 0 unspecified atom stereocenters. The average molecular weight is 283 g/mol. The summed E-state index contributed by atoms with van der Waals surface area (Å²) in [7, 11) is 1.49. The van der Waals surface area contributed by atoms with Crippen LogP contribution in [0.2, 0.25) is 0 Å². The summed E-state index contributed by atoms with van der Waals surface area (Å²) in [6, 6.07) is 9.20. The van der Waals surface area contributed by atoms with E-state index in [2.05, 4.69) is 0 Å². The first-order chi connectivity index (χ1) is 9.40. The number of ether oxygens (including phenoxy) is 2. The van der Waals surface area contributed by atoms with Gasteiger partial charge in [-0.2, -0.15) is 13.2 Å². The smallest absolute Gasteiger partial charge is 0.416 e. The molecule has 2 aromatic rings. The zero-order chi connectivity index (χ0) is 14.8. The highest BCUT2D eigenvalue weighted by atomic mass is 19.4. The lowest BCUT2D eigenvalue weighted by molar-refractivity contribution is -0.137. The fourth-order valence-electron chi connectivity index (χ4n) is 1.62. The van der Waals surface area contributed by atoms with Crippen molar-refractivity contribution in [1.82, 2.24) is 0 Å². The van der Waals surface area contributed by atoms with Gasteiger partial charge in [0.1, 0.15) is 17.2 Å². The minimum atomic E-state index is -4.36. The van der Waals surface area contributed by atoms with Gasteiger partial charge in [-0.1, -0.05) is 0 Å². The van der Waals surface area contributed by atoms with E-state index in [9.17, 15) is 13.2 Å². The number of benzene rings is 2. The molecule has 2 aromatic carbocycles. The lowest BCUT2D eigenvalue weighted by atomic mass is 10.2. The van der Waals surface area contributed by atoms with Gasteiger partial charge >= 0.3 is 6.18 Å². The van der Waals surface area contributed by atoms with Crippen LogP contribution in [0.3, 0.4) is 0 Å². The number of nitrogen functional groups attached to an aromatic ring is 1. The van der Waals surface area contributed by atoms with E-state index < -0.39 is 11.7 Å². The van der Waals surface area contributed by atoms with E-state index >= 15 is 0 Å². The number of alkyl halides is 3. The van der Waals surface area contributed by atoms with Crippen LogP contribution in [-0.2, 0) is 6.18 Å². The average Bonchev–Trinajstić information content (AvgIpc) is 2.38. The molecule has 0 saturated carbocycles. The van der Waals surface area contributed by atoms with Crippen molar-refractivity contribution in [1.29, 1.82) is 0 Å². The molecule has 0 amide bonds. The van der Waals surface area contributed by atoms with Crippen molar-refractivity contribution in [2.24, 2.45) is 0 Å². The maximum absolute atomic E-state index is 12.4. The van der Waals surface area contributed by atoms with E-state index in [0.29, 0.717) is 22.9 Å². The Bertz CT molecular complexity index is 594. The first-order valence-electron chi connectivity index (χ1n) is 5.69. The number of nitrogens with two attached hydrogens (primary N) is 1. The van der Waals surface area contributed by atoms with E-state index in [-0.39, 0.29) is 0 Å². The Kier molecular flexibility index (Phi) is 3.74. The molecule has 2 N–H and O–H groups in total. The van der Waals surface area contributed by atoms with Gasteiger partial charge in [-0.15, -0.1) is 0 Å². The molecule has 0 fully saturated rings. The quantitative estimate of drug-likeness (QED) is 0.863. The standard InChI is InChI=1S/C14H12F3NO2/c1-19-13-7-6-11(8-12(13)18)20-10-4-2-9(3-5-10)14(15,16)17/h2-8H,18H2,1H3. The summed E-state index contributed by atoms with van der Waals surface area (Å²) < 4.78 is 47.7. The SMILES string of the molecule is COc1ccc(Oc2ccc(C(F)(F)F)cc2)cc1N. The van der Waals surface area contributed by atoms with Gasteiger partial charge in [0.05, 0.1) is 18.4 Å². The second-order valence-electron chi connectivity index (χ2n) is 4.03. The van der Waals surface area contributed by atoms with E-state index in [4.69, 9.17) is 15.2 Å². The predicted molar refractivity (Wildman–Crippen MR) is 68.9 cm³/mol. The molecule has 0 atom stereocenters. The molecule has 0 aromatic heterocycles. The van der Waals surface area contributed by atoms with Crippen LogP contribution in [0.1, 0.15) is 5.56 Å². The van der Waals surface area contributed by atoms with Gasteiger partial charge in [-0.05, 0) is 36.4 Å². The molecule has 0 spiro atoms. The molecule has 20 heavy (non-hydrogen) atoms. The molecular formula is C14H12F3NO2. The summed E-state index contributed by atoms with van der Waals surface area (Å²) in [5.41, 5.74) is 5.38. The lowest BCUT2D eigenvalue weighted by Crippen LogP contribution is -2.04. The van der Waals surface area contributed by atoms with Crippen molar-refractivity contribution < 1.29 is 22.6 Å². The van der Waals surface area contributed by atoms with Crippen LogP contribution in [0.25, 0.3) is 0 Å². The Morgan fingerprint density at radius 3 is 2.05 bits per heavy atom. The van der Waals surface area contributed by atoms with Crippen molar-refractivity contribution in [2.75, 3.05) is 12.8 Å². The lowest BCUT2D eigenvalue weighted by Gasteiger charge is -2.10. The molecule has 0 bridgehead atoms. The van der Waals surface area contributed by atoms with E-state index in [1.807, 2.05) is 0 Å². The predicted octanol–water partition coefficient (Wildman–Crippen LogP) is 4.09. The monoisotopic (exact) mass is 283 g/mol. The van der Waals surface area contributed by atoms with Gasteiger partial charge < -0.3 is 15.2 Å². The number of rotatable bonds is 3. The van der Waals surface area contributed by atoms with Gasteiger partial charge in [0.25, 0.3) is 0 Å². The van der Waals surface area contributed by atoms with Crippen molar-refractivity contribution in [3.05, 3.63) is 48.0 Å². The van der Waals surface area contributed by atoms with Gasteiger partial charge in [0.2, 0.25) is 0 Å². The molecule has 0 radical (unpaired) electrons. The Labute approximate surface area is 113 Å². The first kappa shape index (κ1) is 14.0. The summed E-state index contributed by atoms with van der Waals surface area (Å²) in [5.74, 6) is 1.22. The number of methoxy groups -OCH3 is 1. The summed E-state index contributed by atoms with van der Waals surface area (Å²) in [5, 5.41) is 0. The first-order valence-corrected chi connectivity index (χ1v) is 5.69. The van der Waals surface area contributed by atoms with Crippen LogP contribution in [0.5, 0.6) is 17.2 Å². The number of halogens is 3. The molecule has 3 nitrogen and oxygen atoms in total. The van der Waals surface area contributed by atoms with E-state index in [1.165, 1.54) is 25.3 Å². The second kappa shape index (κ2) is 5.32. The fraction of sp³-hybridized carbons (Fsp3) is 0.143. The van der Waals surface area contributed by atoms with Crippen molar-refractivity contribution in [3.8, 4) is 17.2 Å². The molecule has 0 aliphatic rings. The zero-order valence-corrected chi connectivity index (χ0v) is 10.6. The minimum absolute atomic E-state index is 0.294. The summed E-state index contributed by atoms with van der Waals surface area (Å²) in [6.07, 6.45) is -4.36. The minimum Gasteiger partial charge on any atom is -0.495 e. The zero-order valence-electron chi connectivity index (χ0n) is 10.6. The third-order valence-electron chi connectivity index (χ3n) is 2.62. The molecule has 0 aliphatic carbocycles. The van der Waals surface area contributed by atoms with Crippen LogP contribution in [0.4, 0.5) is 18.9 Å². The van der Waals surface area contributed by atoms with Gasteiger partial charge in [-0.3, -0.25) is 0 Å². The highest BCUT2D eigenvalue weighted by Gasteiger charge is 2.30. The van der Waals surface area contributed by atoms with E-state index in [0.717, 1.165) is 12.1 Å². The van der Waals surface area contributed by atoms with Crippen LogP contribution in [-0.4, -0.2) is 7.11 Å². The van der Waals surface area contributed by atoms with Crippen LogP contribution >= 0.6 is 0 Å². The van der Waals surface area contributed by atoms with Crippen molar-refractivity contribution >= 4 is 5.69 Å². The molecule has 0 heterocycles. The molecule has 106 valence electrons. The molecule has 0 saturated heterocycles. The Hall–Kier alpha value is -2.37. The van der Waals surface area contributed by atoms with Crippen LogP contribution in [0, 0.1) is 0 Å². The summed E-state index contributed by atoms with van der Waals surface area (Å²) in [6.45, 7) is 0. The summed E-state index contributed by atoms with van der Waals surface area (Å²) in [4.78, 5) is 0. The molecular weight excluding hydrogens is 271 g/mol. The Morgan fingerprint density at radius 1 is 0.950 bits per heavy atom. The Morgan fingerprint density at radius 2 is 1.55 bits per heavy atom. The number of hydrogen-bond acceptors (Lipinski definition) is 3. The largest absolute Gasteiger partial charge is 0.495 e. The van der Waals surface area contributed by atoms with Crippen molar-refractivity contribution in [3.63, 3.8) is 0 Å². The highest BCUT2D eigenvalue weighted by molar-refractivity contribution is 5.56. The fourth-order valence-corrected chi connectivity index (χ4v) is 1.62. The van der Waals surface area contributed by atoms with Gasteiger partial charge in [0, 0.05) is 6.07 Å².